The van der Waals surface area contributed by atoms with Gasteiger partial charge >= 0.3 is 0 Å². The number of fused-ring (bicyclic) bond motifs is 1. The monoisotopic (exact) mass is 409 g/mol. The quantitative estimate of drug-likeness (QED) is 0.619. The third-order valence-electron chi connectivity index (χ3n) is 5.01. The predicted octanol–water partition coefficient (Wildman–Crippen LogP) is 4.59. The number of carbonyl (C=O) groups excluding carboxylic acids is 2. The van der Waals surface area contributed by atoms with Crippen molar-refractivity contribution in [3.63, 3.8) is 0 Å². The zero-order valence-electron chi connectivity index (χ0n) is 16.5. The molecule has 1 aliphatic rings. The van der Waals surface area contributed by atoms with E-state index in [0.29, 0.717) is 23.7 Å². The number of hydrogen-bond donors (Lipinski definition) is 1. The lowest BCUT2D eigenvalue weighted by Gasteiger charge is -2.17. The summed E-state index contributed by atoms with van der Waals surface area (Å²) in [4.78, 5) is 32.7. The van der Waals surface area contributed by atoms with Crippen molar-refractivity contribution in [2.24, 2.45) is 0 Å². The van der Waals surface area contributed by atoms with Gasteiger partial charge in [-0.15, -0.1) is 11.3 Å². The van der Waals surface area contributed by atoms with Crippen molar-refractivity contribution in [3.8, 4) is 0 Å². The lowest BCUT2D eigenvalue weighted by atomic mass is 10.1. The van der Waals surface area contributed by atoms with Gasteiger partial charge in [0, 0.05) is 16.1 Å². The van der Waals surface area contributed by atoms with E-state index < -0.39 is 0 Å². The number of nitrogens with one attached hydrogen (secondary N) is 1. The number of aromatic nitrogens is 1. The van der Waals surface area contributed by atoms with Crippen molar-refractivity contribution in [3.05, 3.63) is 64.1 Å². The van der Waals surface area contributed by atoms with Crippen LogP contribution in [0.5, 0.6) is 0 Å². The van der Waals surface area contributed by atoms with Gasteiger partial charge in [-0.05, 0) is 30.5 Å². The molecule has 2 amide bonds. The molecule has 3 heterocycles. The number of nitrogens with zero attached hydrogens (tertiary/aromatic N) is 2. The minimum atomic E-state index is -0.343. The Hall–Kier alpha value is -2.93. The summed E-state index contributed by atoms with van der Waals surface area (Å²) in [7, 11) is 0. The Bertz CT molecular complexity index is 1050. The highest BCUT2D eigenvalue weighted by molar-refractivity contribution is 7.15. The molecule has 0 saturated heterocycles. The Balaban J connectivity index is 1.52. The van der Waals surface area contributed by atoms with Crippen molar-refractivity contribution < 1.29 is 14.0 Å². The second-order valence-corrected chi connectivity index (χ2v) is 8.09. The lowest BCUT2D eigenvalue weighted by molar-refractivity contribution is -0.117. The first-order valence-electron chi connectivity index (χ1n) is 9.85. The summed E-state index contributed by atoms with van der Waals surface area (Å²) in [5.41, 5.74) is 3.62. The van der Waals surface area contributed by atoms with E-state index in [4.69, 9.17) is 4.42 Å². The molecule has 4 rings (SSSR count). The molecule has 0 radical (unpaired) electrons. The fraction of sp³-hybridized carbons (Fsp3) is 0.318. The molecular weight excluding hydrogens is 386 g/mol. The van der Waals surface area contributed by atoms with Gasteiger partial charge in [-0.25, -0.2) is 4.98 Å². The number of amides is 2. The van der Waals surface area contributed by atoms with Crippen LogP contribution in [0.15, 0.2) is 41.0 Å². The minimum Gasteiger partial charge on any atom is -0.459 e. The number of hydrogen-bond acceptors (Lipinski definition) is 5. The maximum absolute atomic E-state index is 12.8. The van der Waals surface area contributed by atoms with Gasteiger partial charge in [-0.2, -0.15) is 0 Å². The molecule has 0 spiro atoms. The molecule has 3 aromatic rings. The number of carbonyl (C=O) groups is 2. The standard InChI is InChI=1S/C22H23N3O3S/c1-3-7-16-18(4-2)29-22(23-16)24-21(27)20-15(10-11-28-20)13-25-17-9-6-5-8-14(17)12-19(25)26/h5-6,8-11H,3-4,7,12-13H2,1-2H3,(H,23,24,27). The van der Waals surface area contributed by atoms with Crippen LogP contribution in [0.1, 0.15) is 52.5 Å². The van der Waals surface area contributed by atoms with E-state index in [0.717, 1.165) is 36.2 Å². The van der Waals surface area contributed by atoms with E-state index in [1.165, 1.54) is 22.5 Å². The fourth-order valence-corrected chi connectivity index (χ4v) is 4.56. The minimum absolute atomic E-state index is 0.0236. The van der Waals surface area contributed by atoms with Gasteiger partial charge in [-0.1, -0.05) is 38.5 Å². The number of furan rings is 1. The molecule has 0 aliphatic carbocycles. The zero-order chi connectivity index (χ0) is 20.4. The van der Waals surface area contributed by atoms with Crippen molar-refractivity contribution in [1.82, 2.24) is 4.98 Å². The van der Waals surface area contributed by atoms with E-state index in [1.807, 2.05) is 24.3 Å². The van der Waals surface area contributed by atoms with Crippen LogP contribution in [0, 0.1) is 0 Å². The molecule has 2 aromatic heterocycles. The Morgan fingerprint density at radius 3 is 2.90 bits per heavy atom. The van der Waals surface area contributed by atoms with E-state index in [9.17, 15) is 9.59 Å². The Labute approximate surface area is 173 Å². The molecule has 1 aromatic carbocycles. The fourth-order valence-electron chi connectivity index (χ4n) is 3.62. The molecule has 6 nitrogen and oxygen atoms in total. The van der Waals surface area contributed by atoms with Crippen LogP contribution < -0.4 is 10.2 Å². The van der Waals surface area contributed by atoms with E-state index >= 15 is 0 Å². The van der Waals surface area contributed by atoms with Gasteiger partial charge in [0.15, 0.2) is 10.9 Å². The van der Waals surface area contributed by atoms with Crippen molar-refractivity contribution in [2.45, 2.75) is 46.1 Å². The van der Waals surface area contributed by atoms with Gasteiger partial charge in [0.2, 0.25) is 5.91 Å². The normalized spacial score (nSPS) is 13.0. The molecule has 0 atom stereocenters. The smallest absolute Gasteiger partial charge is 0.293 e. The number of aryl methyl sites for hydroxylation is 2. The van der Waals surface area contributed by atoms with Crippen LogP contribution in [-0.4, -0.2) is 16.8 Å². The second kappa shape index (κ2) is 8.21. The van der Waals surface area contributed by atoms with Gasteiger partial charge in [0.05, 0.1) is 24.9 Å². The summed E-state index contributed by atoms with van der Waals surface area (Å²) >= 11 is 1.51. The first-order chi connectivity index (χ1) is 14.1. The van der Waals surface area contributed by atoms with Crippen LogP contribution in [-0.2, 0) is 30.6 Å². The molecular formula is C22H23N3O3S. The second-order valence-electron chi connectivity index (χ2n) is 7.01. The Morgan fingerprint density at radius 1 is 1.28 bits per heavy atom. The van der Waals surface area contributed by atoms with Crippen molar-refractivity contribution in [2.75, 3.05) is 10.2 Å². The maximum Gasteiger partial charge on any atom is 0.293 e. The SMILES string of the molecule is CCCc1nc(NC(=O)c2occc2CN2C(=O)Cc3ccccc32)sc1CC. The highest BCUT2D eigenvalue weighted by Crippen LogP contribution is 2.31. The summed E-state index contributed by atoms with van der Waals surface area (Å²) in [6, 6.07) is 9.47. The number of anilines is 2. The zero-order valence-corrected chi connectivity index (χ0v) is 17.3. The van der Waals surface area contributed by atoms with Crippen LogP contribution in [0.4, 0.5) is 10.8 Å². The molecule has 0 unspecified atom stereocenters. The maximum atomic E-state index is 12.8. The van der Waals surface area contributed by atoms with Crippen molar-refractivity contribution in [1.29, 1.82) is 0 Å². The highest BCUT2D eigenvalue weighted by Gasteiger charge is 2.29. The summed E-state index contributed by atoms with van der Waals surface area (Å²) < 4.78 is 5.47. The first-order valence-corrected chi connectivity index (χ1v) is 10.7. The van der Waals surface area contributed by atoms with Gasteiger partial charge in [0.1, 0.15) is 0 Å². The average Bonchev–Trinajstić information content (AvgIpc) is 3.40. The molecule has 0 fully saturated rings. The van der Waals surface area contributed by atoms with Crippen LogP contribution >= 0.6 is 11.3 Å². The molecule has 1 N–H and O–H groups in total. The molecule has 29 heavy (non-hydrogen) atoms. The van der Waals surface area contributed by atoms with E-state index in [-0.39, 0.29) is 17.6 Å². The lowest BCUT2D eigenvalue weighted by Crippen LogP contribution is -2.27. The largest absolute Gasteiger partial charge is 0.459 e. The van der Waals surface area contributed by atoms with Crippen LogP contribution in [0.2, 0.25) is 0 Å². The predicted molar refractivity (Wildman–Crippen MR) is 113 cm³/mol. The molecule has 0 saturated carbocycles. The molecule has 150 valence electrons. The Kier molecular flexibility index (Phi) is 5.49. The van der Waals surface area contributed by atoms with Crippen molar-refractivity contribution >= 4 is 34.0 Å². The topological polar surface area (TPSA) is 75.4 Å². The van der Waals surface area contributed by atoms with Crippen LogP contribution in [0.25, 0.3) is 0 Å². The van der Waals surface area contributed by atoms with Gasteiger partial charge < -0.3 is 9.32 Å². The summed E-state index contributed by atoms with van der Waals surface area (Å²) in [5, 5.41) is 3.45. The highest BCUT2D eigenvalue weighted by atomic mass is 32.1. The van der Waals surface area contributed by atoms with Crippen LogP contribution in [0.3, 0.4) is 0 Å². The summed E-state index contributed by atoms with van der Waals surface area (Å²) in [6.07, 6.45) is 4.67. The van der Waals surface area contributed by atoms with E-state index in [2.05, 4.69) is 24.1 Å². The number of para-hydroxylation sites is 1. The number of benzene rings is 1. The van der Waals surface area contributed by atoms with Gasteiger partial charge in [0.25, 0.3) is 5.91 Å². The first kappa shape index (κ1) is 19.4. The molecule has 1 aliphatic heterocycles. The van der Waals surface area contributed by atoms with E-state index in [1.54, 1.807) is 11.0 Å². The molecule has 0 bridgehead atoms. The van der Waals surface area contributed by atoms with Gasteiger partial charge in [-0.3, -0.25) is 14.9 Å². The third kappa shape index (κ3) is 3.82. The third-order valence-corrected chi connectivity index (χ3v) is 6.17. The summed E-state index contributed by atoms with van der Waals surface area (Å²) in [6.45, 7) is 4.51. The molecule has 7 heteroatoms. The average molecular weight is 410 g/mol. The Morgan fingerprint density at radius 2 is 2.10 bits per heavy atom. The number of thiazole rings is 1. The summed E-state index contributed by atoms with van der Waals surface area (Å²) in [5.74, 6) is -0.104. The number of rotatable bonds is 7.